The molecule has 0 bridgehead atoms. The zero-order valence-electron chi connectivity index (χ0n) is 13.7. The molecule has 2 amide bonds. The minimum atomic E-state index is -1.36. The first-order chi connectivity index (χ1) is 11.2. The monoisotopic (exact) mass is 372 g/mol. The summed E-state index contributed by atoms with van der Waals surface area (Å²) in [4.78, 5) is 36.1. The fourth-order valence-corrected chi connectivity index (χ4v) is 2.44. The summed E-state index contributed by atoms with van der Waals surface area (Å²) < 4.78 is 5.07. The van der Waals surface area contributed by atoms with Gasteiger partial charge >= 0.3 is 5.97 Å². The Hall–Kier alpha value is -2.32. The van der Waals surface area contributed by atoms with Crippen molar-refractivity contribution in [3.05, 3.63) is 23.8 Å². The number of rotatable bonds is 6. The summed E-state index contributed by atoms with van der Waals surface area (Å²) >= 11 is 0. The van der Waals surface area contributed by atoms with Crippen LogP contribution in [0.5, 0.6) is 11.5 Å². The lowest BCUT2D eigenvalue weighted by Crippen LogP contribution is -2.48. The van der Waals surface area contributed by atoms with E-state index in [4.69, 9.17) is 10.5 Å². The number of phenolic OH excluding ortho intramolecular Hbond substituents is 2. The molecule has 1 heterocycles. The van der Waals surface area contributed by atoms with Gasteiger partial charge in [0.15, 0.2) is 11.5 Å². The smallest absolute Gasteiger partial charge is 0.326 e. The van der Waals surface area contributed by atoms with E-state index in [0.717, 1.165) is 4.90 Å². The van der Waals surface area contributed by atoms with E-state index in [0.29, 0.717) is 5.56 Å². The maximum Gasteiger partial charge on any atom is 0.326 e. The first-order valence-electron chi connectivity index (χ1n) is 7.51. The van der Waals surface area contributed by atoms with E-state index in [1.165, 1.54) is 25.1 Å². The van der Waals surface area contributed by atoms with Crippen LogP contribution in [-0.4, -0.2) is 51.6 Å². The third kappa shape index (κ3) is 5.07. The summed E-state index contributed by atoms with van der Waals surface area (Å²) in [6, 6.07) is 4.15. The minimum Gasteiger partial charge on any atom is -0.504 e. The first kappa shape index (κ1) is 20.7. The lowest BCUT2D eigenvalue weighted by Gasteiger charge is -2.23. The molecule has 1 fully saturated rings. The van der Waals surface area contributed by atoms with Gasteiger partial charge in [-0.25, -0.2) is 0 Å². The third-order valence-corrected chi connectivity index (χ3v) is 3.78. The average Bonchev–Trinajstić information content (AvgIpc) is 2.82. The van der Waals surface area contributed by atoms with Gasteiger partial charge in [-0.2, -0.15) is 0 Å². The van der Waals surface area contributed by atoms with Crippen LogP contribution in [-0.2, 0) is 25.5 Å². The molecular formula is C16H21ClN2O6. The van der Waals surface area contributed by atoms with Gasteiger partial charge in [-0.05, 0) is 24.6 Å². The van der Waals surface area contributed by atoms with E-state index < -0.39 is 11.5 Å². The highest BCUT2D eigenvalue weighted by atomic mass is 35.5. The number of nitrogens with two attached hydrogens (primary N) is 1. The van der Waals surface area contributed by atoms with Crippen molar-refractivity contribution in [2.24, 2.45) is 5.73 Å². The average molecular weight is 373 g/mol. The maximum absolute atomic E-state index is 12.1. The molecule has 4 N–H and O–H groups in total. The number of phenols is 2. The molecule has 0 radical (unpaired) electrons. The van der Waals surface area contributed by atoms with Crippen molar-refractivity contribution in [2.45, 2.75) is 31.7 Å². The fraction of sp³-hybridized carbons (Fsp3) is 0.438. The van der Waals surface area contributed by atoms with Crippen molar-refractivity contribution in [3.8, 4) is 11.5 Å². The van der Waals surface area contributed by atoms with Crippen molar-refractivity contribution in [3.63, 3.8) is 0 Å². The molecule has 0 aromatic heterocycles. The predicted octanol–water partition coefficient (Wildman–Crippen LogP) is 0.472. The molecule has 0 spiro atoms. The zero-order valence-corrected chi connectivity index (χ0v) is 14.5. The standard InChI is InChI=1S/C16H20N2O6.ClH/c1-16(17,9-10-2-3-11(19)12(20)8-10)15(23)24-7-6-18-13(21)4-5-14(18)22;/h2-3,8,19-20H,4-7,9,17H2,1H3;1H/t16-;/m0./s1. The lowest BCUT2D eigenvalue weighted by atomic mass is 9.94. The summed E-state index contributed by atoms with van der Waals surface area (Å²) in [6.45, 7) is 1.37. The van der Waals surface area contributed by atoms with Crippen LogP contribution >= 0.6 is 12.4 Å². The number of hydrogen-bond donors (Lipinski definition) is 3. The second-order valence-corrected chi connectivity index (χ2v) is 5.99. The molecule has 8 nitrogen and oxygen atoms in total. The summed E-state index contributed by atoms with van der Waals surface area (Å²) in [7, 11) is 0. The van der Waals surface area contributed by atoms with Gasteiger partial charge in [-0.3, -0.25) is 19.3 Å². The van der Waals surface area contributed by atoms with E-state index in [1.54, 1.807) is 0 Å². The van der Waals surface area contributed by atoms with Crippen LogP contribution in [0, 0.1) is 0 Å². The molecule has 0 saturated carbocycles. The number of likely N-dealkylation sites (tertiary alicyclic amines) is 1. The number of benzene rings is 1. The second kappa shape index (κ2) is 8.17. The molecule has 1 aromatic rings. The molecule has 1 saturated heterocycles. The number of halogens is 1. The van der Waals surface area contributed by atoms with Gasteiger partial charge in [0.1, 0.15) is 12.1 Å². The Bertz CT molecular complexity index is 661. The highest BCUT2D eigenvalue weighted by Crippen LogP contribution is 2.26. The normalized spacial score (nSPS) is 16.3. The van der Waals surface area contributed by atoms with Gasteiger partial charge in [0.2, 0.25) is 11.8 Å². The van der Waals surface area contributed by atoms with Crippen LogP contribution in [0.2, 0.25) is 0 Å². The number of carbonyl (C=O) groups excluding carboxylic acids is 3. The SMILES string of the molecule is C[C@](N)(Cc1ccc(O)c(O)c1)C(=O)OCCN1C(=O)CCC1=O.Cl. The number of imide groups is 1. The molecule has 9 heteroatoms. The number of amides is 2. The van der Waals surface area contributed by atoms with Crippen molar-refractivity contribution in [1.82, 2.24) is 4.90 Å². The molecule has 0 aliphatic carbocycles. The number of hydrogen-bond acceptors (Lipinski definition) is 7. The van der Waals surface area contributed by atoms with Gasteiger partial charge in [0, 0.05) is 19.3 Å². The van der Waals surface area contributed by atoms with Crippen LogP contribution in [0.15, 0.2) is 18.2 Å². The molecule has 25 heavy (non-hydrogen) atoms. The van der Waals surface area contributed by atoms with Crippen LogP contribution < -0.4 is 5.73 Å². The number of esters is 1. The molecule has 2 rings (SSSR count). The second-order valence-electron chi connectivity index (χ2n) is 5.99. The molecule has 1 aliphatic rings. The fourth-order valence-electron chi connectivity index (χ4n) is 2.44. The Morgan fingerprint density at radius 1 is 1.24 bits per heavy atom. The Balaban J connectivity index is 0.00000312. The topological polar surface area (TPSA) is 130 Å². The van der Waals surface area contributed by atoms with Crippen LogP contribution in [0.4, 0.5) is 0 Å². The van der Waals surface area contributed by atoms with E-state index >= 15 is 0 Å². The van der Waals surface area contributed by atoms with Crippen LogP contribution in [0.25, 0.3) is 0 Å². The molecule has 1 aromatic carbocycles. The van der Waals surface area contributed by atoms with E-state index in [1.807, 2.05) is 0 Å². The molecule has 1 atom stereocenters. The molecule has 0 unspecified atom stereocenters. The Labute approximate surface area is 151 Å². The van der Waals surface area contributed by atoms with Crippen LogP contribution in [0.1, 0.15) is 25.3 Å². The highest BCUT2D eigenvalue weighted by molar-refractivity contribution is 6.01. The third-order valence-electron chi connectivity index (χ3n) is 3.78. The molecule has 1 aliphatic heterocycles. The number of carbonyl (C=O) groups is 3. The van der Waals surface area contributed by atoms with Crippen LogP contribution in [0.3, 0.4) is 0 Å². The molecule has 138 valence electrons. The van der Waals surface area contributed by atoms with Gasteiger partial charge in [0.05, 0.1) is 6.54 Å². The Morgan fingerprint density at radius 3 is 2.40 bits per heavy atom. The van der Waals surface area contributed by atoms with Gasteiger partial charge < -0.3 is 20.7 Å². The van der Waals surface area contributed by atoms with Crippen molar-refractivity contribution in [2.75, 3.05) is 13.2 Å². The number of aromatic hydroxyl groups is 2. The summed E-state index contributed by atoms with van der Waals surface area (Å²) in [6.07, 6.45) is 0.457. The summed E-state index contributed by atoms with van der Waals surface area (Å²) in [5, 5.41) is 18.8. The van der Waals surface area contributed by atoms with E-state index in [2.05, 4.69) is 0 Å². The van der Waals surface area contributed by atoms with Crippen molar-refractivity contribution in [1.29, 1.82) is 0 Å². The van der Waals surface area contributed by atoms with Gasteiger partial charge in [-0.15, -0.1) is 12.4 Å². The minimum absolute atomic E-state index is 0. The highest BCUT2D eigenvalue weighted by Gasteiger charge is 2.32. The van der Waals surface area contributed by atoms with E-state index in [9.17, 15) is 24.6 Å². The molecular weight excluding hydrogens is 352 g/mol. The predicted molar refractivity (Wildman–Crippen MR) is 90.2 cm³/mol. The lowest BCUT2D eigenvalue weighted by molar-refractivity contribution is -0.152. The van der Waals surface area contributed by atoms with Crippen molar-refractivity contribution < 1.29 is 29.3 Å². The number of ether oxygens (including phenoxy) is 1. The summed E-state index contributed by atoms with van der Waals surface area (Å²) in [5.41, 5.74) is 5.16. The summed E-state index contributed by atoms with van der Waals surface area (Å²) in [5.74, 6) is -1.80. The van der Waals surface area contributed by atoms with Gasteiger partial charge in [0.25, 0.3) is 0 Å². The zero-order chi connectivity index (χ0) is 17.9. The quantitative estimate of drug-likeness (QED) is 0.376. The largest absolute Gasteiger partial charge is 0.504 e. The van der Waals surface area contributed by atoms with Gasteiger partial charge in [-0.1, -0.05) is 6.07 Å². The first-order valence-corrected chi connectivity index (χ1v) is 7.51. The Morgan fingerprint density at radius 2 is 1.84 bits per heavy atom. The Kier molecular flexibility index (Phi) is 6.78. The maximum atomic E-state index is 12.1. The number of nitrogens with zero attached hydrogens (tertiary/aromatic N) is 1. The van der Waals surface area contributed by atoms with Crippen molar-refractivity contribution >= 4 is 30.2 Å². The van der Waals surface area contributed by atoms with E-state index in [-0.39, 0.29) is 68.1 Å².